The number of hydrogen-bond donors (Lipinski definition) is 0. The molecule has 0 saturated heterocycles. The summed E-state index contributed by atoms with van der Waals surface area (Å²) < 4.78 is 2.54. The van der Waals surface area contributed by atoms with Crippen molar-refractivity contribution in [2.75, 3.05) is 9.80 Å². The molecule has 0 bridgehead atoms. The predicted molar refractivity (Wildman–Crippen MR) is 432 cm³/mol. The molecule has 0 spiro atoms. The molecule has 0 aliphatic carbocycles. The number of benzene rings is 15. The van der Waals surface area contributed by atoms with Crippen molar-refractivity contribution in [1.82, 2.24) is 4.57 Å². The molecular formula is C94H72BN3Si2. The van der Waals surface area contributed by atoms with Gasteiger partial charge in [-0.3, -0.25) is 0 Å². The summed E-state index contributed by atoms with van der Waals surface area (Å²) in [5.41, 5.74) is 19.9. The van der Waals surface area contributed by atoms with Crippen molar-refractivity contribution in [3.8, 4) is 27.9 Å². The maximum atomic E-state index is 2.70. The Morgan fingerprint density at radius 1 is 0.270 bits per heavy atom. The van der Waals surface area contributed by atoms with Gasteiger partial charge in [-0.25, -0.2) is 0 Å². The summed E-state index contributed by atoms with van der Waals surface area (Å²) in [6, 6.07) is 146. The van der Waals surface area contributed by atoms with E-state index in [4.69, 9.17) is 0 Å². The Bertz CT molecular complexity index is 5460. The third-order valence-electron chi connectivity index (χ3n) is 21.4. The molecule has 0 fully saturated rings. The van der Waals surface area contributed by atoms with E-state index in [1.54, 1.807) is 0 Å². The van der Waals surface area contributed by atoms with Crippen LogP contribution in [0.4, 0.5) is 34.1 Å². The number of anilines is 6. The minimum absolute atomic E-state index is 0.0243. The molecular weight excluding hydrogens is 1240 g/mol. The van der Waals surface area contributed by atoms with E-state index >= 15 is 0 Å². The van der Waals surface area contributed by atoms with Gasteiger partial charge in [-0.05, 0) is 140 Å². The van der Waals surface area contributed by atoms with Crippen LogP contribution in [0.1, 0.15) is 26.3 Å². The maximum absolute atomic E-state index is 3.16. The Morgan fingerprint density at radius 3 is 1.18 bits per heavy atom. The molecule has 0 saturated carbocycles. The standard InChI is InChI=1S/C94H72BN3Si2/c1-94(2,3)70-58-56-68(57-59-70)82-52-31-53-86-93(82)98(71-35-29-34-69(62-71)67-32-11-4-12-33-67)91-65-73(97-87-54-27-25-50-83(87)84-51-26-28-55-88(84)97)64-90-92(91)95(86)85-61-60-81(100(77-43-19-8-20-44-77,78-45-21-9-22-46-78)79-47-23-10-24-48-79)66-89(85)96(90)72-36-30-49-80(63-72)99(74-37-13-5-14-38-74,75-39-15-6-16-40-75)76-41-17-7-18-42-76/h4-66H,1-3H3. The third-order valence-corrected chi connectivity index (χ3v) is 30.9. The van der Waals surface area contributed by atoms with E-state index in [1.807, 2.05) is 0 Å². The van der Waals surface area contributed by atoms with E-state index in [9.17, 15) is 0 Å². The molecule has 0 radical (unpaired) electrons. The van der Waals surface area contributed by atoms with E-state index < -0.39 is 16.1 Å². The van der Waals surface area contributed by atoms with E-state index in [1.165, 1.54) is 96.6 Å². The molecule has 0 atom stereocenters. The Hall–Kier alpha value is -11.8. The quantitative estimate of drug-likeness (QED) is 0.0842. The van der Waals surface area contributed by atoms with Gasteiger partial charge in [-0.15, -0.1) is 0 Å². The highest BCUT2D eigenvalue weighted by Crippen LogP contribution is 2.49. The van der Waals surface area contributed by atoms with Crippen LogP contribution in [0.15, 0.2) is 382 Å². The molecule has 3 nitrogen and oxygen atoms in total. The molecule has 2 aliphatic rings. The number of nitrogens with zero attached hydrogens (tertiary/aromatic N) is 3. The first-order chi connectivity index (χ1) is 49.3. The van der Waals surface area contributed by atoms with Crippen molar-refractivity contribution >= 4 is 137 Å². The fourth-order valence-corrected chi connectivity index (χ4v) is 26.5. The van der Waals surface area contributed by atoms with Gasteiger partial charge >= 0.3 is 0 Å². The van der Waals surface area contributed by atoms with Gasteiger partial charge in [0, 0.05) is 50.5 Å². The molecule has 15 aromatic carbocycles. The van der Waals surface area contributed by atoms with E-state index in [2.05, 4.69) is 417 Å². The Morgan fingerprint density at radius 2 is 0.680 bits per heavy atom. The predicted octanol–water partition coefficient (Wildman–Crippen LogP) is 16.3. The lowest BCUT2D eigenvalue weighted by molar-refractivity contribution is 0.590. The van der Waals surface area contributed by atoms with E-state index in [0.717, 1.165) is 50.7 Å². The van der Waals surface area contributed by atoms with Gasteiger partial charge in [0.15, 0.2) is 16.1 Å². The van der Waals surface area contributed by atoms with Gasteiger partial charge in [0.2, 0.25) is 0 Å². The zero-order chi connectivity index (χ0) is 66.9. The van der Waals surface area contributed by atoms with Gasteiger partial charge < -0.3 is 14.4 Å². The first-order valence-electron chi connectivity index (χ1n) is 35.0. The second-order valence-corrected chi connectivity index (χ2v) is 35.5. The first-order valence-corrected chi connectivity index (χ1v) is 39.0. The highest BCUT2D eigenvalue weighted by molar-refractivity contribution is 7.20. The van der Waals surface area contributed by atoms with Crippen molar-refractivity contribution in [3.05, 3.63) is 388 Å². The van der Waals surface area contributed by atoms with Crippen molar-refractivity contribution in [3.63, 3.8) is 0 Å². The van der Waals surface area contributed by atoms with Crippen LogP contribution in [0.25, 0.3) is 49.7 Å². The molecule has 6 heteroatoms. The average Bonchev–Trinajstić information content (AvgIpc) is 0.785. The topological polar surface area (TPSA) is 11.4 Å². The van der Waals surface area contributed by atoms with Gasteiger partial charge in [0.1, 0.15) is 0 Å². The smallest absolute Gasteiger partial charge is 0.252 e. The normalized spacial score (nSPS) is 12.7. The molecule has 0 amide bonds. The molecule has 16 aromatic rings. The number of aromatic nitrogens is 1. The van der Waals surface area contributed by atoms with Crippen LogP contribution in [-0.4, -0.2) is 27.4 Å². The second kappa shape index (κ2) is 24.6. The molecule has 0 unspecified atom stereocenters. The lowest BCUT2D eigenvalue weighted by Crippen LogP contribution is -2.75. The van der Waals surface area contributed by atoms with Gasteiger partial charge in [-0.1, -0.05) is 348 Å². The fraction of sp³-hybridized carbons (Fsp3) is 0.0426. The largest absolute Gasteiger partial charge is 0.311 e. The number of rotatable bonds is 13. The highest BCUT2D eigenvalue weighted by Gasteiger charge is 2.49. The minimum Gasteiger partial charge on any atom is -0.311 e. The summed E-state index contributed by atoms with van der Waals surface area (Å²) in [5, 5.41) is 13.0. The average molecular weight is 1310 g/mol. The second-order valence-electron chi connectivity index (χ2n) is 27.9. The van der Waals surface area contributed by atoms with Crippen LogP contribution in [0.3, 0.4) is 0 Å². The molecule has 474 valence electrons. The van der Waals surface area contributed by atoms with Gasteiger partial charge in [-0.2, -0.15) is 0 Å². The number of para-hydroxylation sites is 3. The Kier molecular flexibility index (Phi) is 14.9. The van der Waals surface area contributed by atoms with Crippen LogP contribution >= 0.6 is 0 Å². The van der Waals surface area contributed by atoms with Crippen LogP contribution in [-0.2, 0) is 5.41 Å². The zero-order valence-electron chi connectivity index (χ0n) is 56.3. The molecule has 1 aromatic heterocycles. The number of fused-ring (bicyclic) bond motifs is 7. The molecule has 100 heavy (non-hydrogen) atoms. The highest BCUT2D eigenvalue weighted by atomic mass is 28.3. The summed E-state index contributed by atoms with van der Waals surface area (Å²) in [5.74, 6) is 0. The molecule has 2 aliphatic heterocycles. The van der Waals surface area contributed by atoms with Crippen LogP contribution in [0, 0.1) is 0 Å². The molecule has 3 heterocycles. The number of hydrogen-bond acceptors (Lipinski definition) is 2. The third kappa shape index (κ3) is 9.76. The first kappa shape index (κ1) is 60.6. The fourth-order valence-electron chi connectivity index (χ4n) is 17.0. The summed E-state index contributed by atoms with van der Waals surface area (Å²) in [7, 11) is -6.27. The Balaban J connectivity index is 1.01. The van der Waals surface area contributed by atoms with Crippen molar-refractivity contribution < 1.29 is 0 Å². The van der Waals surface area contributed by atoms with Crippen molar-refractivity contribution in [2.24, 2.45) is 0 Å². The van der Waals surface area contributed by atoms with Gasteiger partial charge in [0.25, 0.3) is 6.71 Å². The summed E-state index contributed by atoms with van der Waals surface area (Å²) in [4.78, 5) is 5.35. The molecule has 18 rings (SSSR count). The van der Waals surface area contributed by atoms with Crippen LogP contribution < -0.4 is 67.7 Å². The minimum atomic E-state index is -3.16. The van der Waals surface area contributed by atoms with Crippen LogP contribution in [0.5, 0.6) is 0 Å². The SMILES string of the molecule is CC(C)(C)c1ccc(-c2cccc3c2N(c2cccc(-c4ccccc4)c2)c2cc(-n4c5ccccc5c5ccccc54)cc4c2B3c2ccc([Si](c3ccccc3)(c3ccccc3)c3ccccc3)cc2N4c2cccc([Si](c3ccccc3)(c3ccccc3)c3ccccc3)c2)cc1. The summed E-state index contributed by atoms with van der Waals surface area (Å²) in [6.45, 7) is 6.71. The van der Waals surface area contributed by atoms with Crippen molar-refractivity contribution in [2.45, 2.75) is 26.2 Å². The summed E-state index contributed by atoms with van der Waals surface area (Å²) in [6.07, 6.45) is 0. The van der Waals surface area contributed by atoms with E-state index in [0.29, 0.717) is 0 Å². The van der Waals surface area contributed by atoms with Crippen molar-refractivity contribution in [1.29, 1.82) is 0 Å². The van der Waals surface area contributed by atoms with Crippen LogP contribution in [0.2, 0.25) is 0 Å². The monoisotopic (exact) mass is 1310 g/mol. The van der Waals surface area contributed by atoms with E-state index in [-0.39, 0.29) is 12.1 Å². The lowest BCUT2D eigenvalue weighted by Gasteiger charge is -2.46. The summed E-state index contributed by atoms with van der Waals surface area (Å²) >= 11 is 0. The zero-order valence-corrected chi connectivity index (χ0v) is 58.3. The molecule has 0 N–H and O–H groups in total. The lowest BCUT2D eigenvalue weighted by atomic mass is 9.33. The maximum Gasteiger partial charge on any atom is 0.252 e. The Labute approximate surface area is 589 Å². The van der Waals surface area contributed by atoms with Gasteiger partial charge in [0.05, 0.1) is 16.7 Å².